The topological polar surface area (TPSA) is 75.7 Å². The summed E-state index contributed by atoms with van der Waals surface area (Å²) in [6.07, 6.45) is 1.37. The van der Waals surface area contributed by atoms with Crippen LogP contribution in [0.15, 0.2) is 30.3 Å². The average molecular weight is 318 g/mol. The molecule has 2 amide bonds. The standard InChI is InChI=1S/C17H22N2O4/c1-13(17(22)19-9-5-6-10-19)23-16(21)12-18-15(20)11-14-7-3-2-4-8-14/h2-4,7-8,13H,5-6,9-12H2,1H3,(H,18,20). The Kier molecular flexibility index (Phi) is 6.14. The Morgan fingerprint density at radius 2 is 1.83 bits per heavy atom. The van der Waals surface area contributed by atoms with Crippen LogP contribution >= 0.6 is 0 Å². The number of nitrogens with zero attached hydrogens (tertiary/aromatic N) is 1. The van der Waals surface area contributed by atoms with Gasteiger partial charge in [0.1, 0.15) is 6.54 Å². The van der Waals surface area contributed by atoms with Gasteiger partial charge in [0.25, 0.3) is 5.91 Å². The van der Waals surface area contributed by atoms with Gasteiger partial charge in [0.2, 0.25) is 5.91 Å². The second-order valence-electron chi connectivity index (χ2n) is 5.60. The van der Waals surface area contributed by atoms with Crippen molar-refractivity contribution >= 4 is 17.8 Å². The quantitative estimate of drug-likeness (QED) is 0.791. The summed E-state index contributed by atoms with van der Waals surface area (Å²) in [7, 11) is 0. The molecule has 1 N–H and O–H groups in total. The van der Waals surface area contributed by atoms with Crippen molar-refractivity contribution in [2.75, 3.05) is 19.6 Å². The number of carbonyl (C=O) groups is 3. The molecule has 0 bridgehead atoms. The molecule has 1 saturated heterocycles. The minimum Gasteiger partial charge on any atom is -0.451 e. The maximum Gasteiger partial charge on any atom is 0.326 e. The highest BCUT2D eigenvalue weighted by Gasteiger charge is 2.25. The van der Waals surface area contributed by atoms with E-state index in [1.165, 1.54) is 0 Å². The smallest absolute Gasteiger partial charge is 0.326 e. The van der Waals surface area contributed by atoms with Crippen LogP contribution in [0.5, 0.6) is 0 Å². The van der Waals surface area contributed by atoms with Crippen molar-refractivity contribution < 1.29 is 19.1 Å². The summed E-state index contributed by atoms with van der Waals surface area (Å²) in [5.74, 6) is -1.04. The lowest BCUT2D eigenvalue weighted by Gasteiger charge is -2.20. The van der Waals surface area contributed by atoms with E-state index in [4.69, 9.17) is 4.74 Å². The van der Waals surface area contributed by atoms with E-state index < -0.39 is 12.1 Å². The van der Waals surface area contributed by atoms with E-state index in [0.717, 1.165) is 18.4 Å². The van der Waals surface area contributed by atoms with Crippen LogP contribution in [0.3, 0.4) is 0 Å². The summed E-state index contributed by atoms with van der Waals surface area (Å²) >= 11 is 0. The van der Waals surface area contributed by atoms with E-state index in [9.17, 15) is 14.4 Å². The van der Waals surface area contributed by atoms with Crippen LogP contribution < -0.4 is 5.32 Å². The molecule has 6 nitrogen and oxygen atoms in total. The molecule has 23 heavy (non-hydrogen) atoms. The van der Waals surface area contributed by atoms with Crippen molar-refractivity contribution in [1.29, 1.82) is 0 Å². The van der Waals surface area contributed by atoms with Crippen LogP contribution in [-0.2, 0) is 25.5 Å². The third kappa shape index (κ3) is 5.39. The molecule has 0 saturated carbocycles. The molecule has 1 aromatic rings. The molecule has 0 aromatic heterocycles. The fraction of sp³-hybridized carbons (Fsp3) is 0.471. The lowest BCUT2D eigenvalue weighted by molar-refractivity contribution is -0.158. The average Bonchev–Trinajstić information content (AvgIpc) is 3.07. The highest BCUT2D eigenvalue weighted by molar-refractivity contribution is 5.86. The van der Waals surface area contributed by atoms with Gasteiger partial charge >= 0.3 is 5.97 Å². The monoisotopic (exact) mass is 318 g/mol. The molecule has 1 heterocycles. The second-order valence-corrected chi connectivity index (χ2v) is 5.60. The fourth-order valence-corrected chi connectivity index (χ4v) is 2.50. The van der Waals surface area contributed by atoms with Gasteiger partial charge in [-0.15, -0.1) is 0 Å². The molecule has 1 fully saturated rings. The van der Waals surface area contributed by atoms with E-state index in [1.54, 1.807) is 11.8 Å². The number of ether oxygens (including phenoxy) is 1. The molecule has 1 atom stereocenters. The van der Waals surface area contributed by atoms with Crippen LogP contribution in [0, 0.1) is 0 Å². The highest BCUT2D eigenvalue weighted by atomic mass is 16.5. The van der Waals surface area contributed by atoms with Gasteiger partial charge in [-0.3, -0.25) is 14.4 Å². The van der Waals surface area contributed by atoms with Gasteiger partial charge in [-0.05, 0) is 25.3 Å². The van der Waals surface area contributed by atoms with Crippen molar-refractivity contribution in [1.82, 2.24) is 10.2 Å². The summed E-state index contributed by atoms with van der Waals surface area (Å²) in [6, 6.07) is 9.26. The summed E-state index contributed by atoms with van der Waals surface area (Å²) in [5, 5.41) is 2.51. The molecule has 0 radical (unpaired) electrons. The highest BCUT2D eigenvalue weighted by Crippen LogP contribution is 2.10. The Balaban J connectivity index is 1.69. The zero-order valence-corrected chi connectivity index (χ0v) is 13.3. The molecule has 6 heteroatoms. The lowest BCUT2D eigenvalue weighted by Crippen LogP contribution is -2.40. The summed E-state index contributed by atoms with van der Waals surface area (Å²) in [6.45, 7) is 2.76. The molecule has 1 unspecified atom stereocenters. The zero-order chi connectivity index (χ0) is 16.7. The van der Waals surface area contributed by atoms with Crippen molar-refractivity contribution in [2.24, 2.45) is 0 Å². The first-order chi connectivity index (χ1) is 11.1. The van der Waals surface area contributed by atoms with Crippen LogP contribution in [0.25, 0.3) is 0 Å². The van der Waals surface area contributed by atoms with Crippen molar-refractivity contribution in [2.45, 2.75) is 32.3 Å². The number of hydrogen-bond acceptors (Lipinski definition) is 4. The van der Waals surface area contributed by atoms with Crippen LogP contribution in [0.4, 0.5) is 0 Å². The number of carbonyl (C=O) groups excluding carboxylic acids is 3. The normalized spacial score (nSPS) is 15.1. The van der Waals surface area contributed by atoms with Gasteiger partial charge in [0, 0.05) is 13.1 Å². The molecule has 0 spiro atoms. The van der Waals surface area contributed by atoms with Crippen LogP contribution in [0.2, 0.25) is 0 Å². The Morgan fingerprint density at radius 3 is 2.48 bits per heavy atom. The van der Waals surface area contributed by atoms with Crippen molar-refractivity contribution in [3.05, 3.63) is 35.9 Å². The number of benzene rings is 1. The Hall–Kier alpha value is -2.37. The van der Waals surface area contributed by atoms with E-state index in [0.29, 0.717) is 13.1 Å². The predicted octanol–water partition coefficient (Wildman–Crippen LogP) is 0.899. The Bertz CT molecular complexity index is 553. The number of rotatable bonds is 6. The van der Waals surface area contributed by atoms with Gasteiger partial charge in [-0.1, -0.05) is 30.3 Å². The number of nitrogens with one attached hydrogen (secondary N) is 1. The molecule has 1 aromatic carbocycles. The maximum absolute atomic E-state index is 12.0. The van der Waals surface area contributed by atoms with E-state index in [2.05, 4.69) is 5.32 Å². The summed E-state index contributed by atoms with van der Waals surface area (Å²) in [5.41, 5.74) is 0.871. The largest absolute Gasteiger partial charge is 0.451 e. The molecule has 1 aliphatic heterocycles. The molecule has 1 aliphatic rings. The van der Waals surface area contributed by atoms with Gasteiger partial charge in [0.05, 0.1) is 6.42 Å². The van der Waals surface area contributed by atoms with E-state index in [-0.39, 0.29) is 24.8 Å². The maximum atomic E-state index is 12.0. The van der Waals surface area contributed by atoms with Gasteiger partial charge in [-0.2, -0.15) is 0 Å². The zero-order valence-electron chi connectivity index (χ0n) is 13.3. The number of hydrogen-bond donors (Lipinski definition) is 1. The van der Waals surface area contributed by atoms with Crippen molar-refractivity contribution in [3.63, 3.8) is 0 Å². The fourth-order valence-electron chi connectivity index (χ4n) is 2.50. The van der Waals surface area contributed by atoms with E-state index in [1.807, 2.05) is 30.3 Å². The van der Waals surface area contributed by atoms with Crippen molar-refractivity contribution in [3.8, 4) is 0 Å². The molecule has 2 rings (SSSR count). The first-order valence-corrected chi connectivity index (χ1v) is 7.85. The van der Waals surface area contributed by atoms with Crippen LogP contribution in [0.1, 0.15) is 25.3 Å². The summed E-state index contributed by atoms with van der Waals surface area (Å²) in [4.78, 5) is 37.2. The predicted molar refractivity (Wildman–Crippen MR) is 84.5 cm³/mol. The minimum atomic E-state index is -0.813. The first-order valence-electron chi connectivity index (χ1n) is 7.85. The third-order valence-corrected chi connectivity index (χ3v) is 3.71. The first kappa shape index (κ1) is 17.0. The Labute approximate surface area is 135 Å². The second kappa shape index (κ2) is 8.31. The minimum absolute atomic E-state index is 0.175. The molecular weight excluding hydrogens is 296 g/mol. The number of esters is 1. The SMILES string of the molecule is CC(OC(=O)CNC(=O)Cc1ccccc1)C(=O)N1CCCC1. The van der Waals surface area contributed by atoms with Gasteiger partial charge in [-0.25, -0.2) is 0 Å². The van der Waals surface area contributed by atoms with Crippen LogP contribution in [-0.4, -0.2) is 48.4 Å². The Morgan fingerprint density at radius 1 is 1.17 bits per heavy atom. The third-order valence-electron chi connectivity index (χ3n) is 3.71. The number of amides is 2. The molecule has 124 valence electrons. The van der Waals surface area contributed by atoms with Gasteiger partial charge in [0.15, 0.2) is 6.10 Å². The summed E-state index contributed by atoms with van der Waals surface area (Å²) < 4.78 is 5.08. The lowest BCUT2D eigenvalue weighted by atomic mass is 10.1. The molecular formula is C17H22N2O4. The van der Waals surface area contributed by atoms with E-state index >= 15 is 0 Å². The van der Waals surface area contributed by atoms with Gasteiger partial charge < -0.3 is 15.0 Å². The number of likely N-dealkylation sites (tertiary alicyclic amines) is 1. The molecule has 0 aliphatic carbocycles.